The number of aromatic amines is 1. The second-order valence-corrected chi connectivity index (χ2v) is 4.10. The van der Waals surface area contributed by atoms with Crippen molar-refractivity contribution in [3.63, 3.8) is 0 Å². The van der Waals surface area contributed by atoms with Crippen LogP contribution >= 0.6 is 0 Å². The summed E-state index contributed by atoms with van der Waals surface area (Å²) >= 11 is 0. The van der Waals surface area contributed by atoms with Gasteiger partial charge in [-0.3, -0.25) is 5.10 Å². The van der Waals surface area contributed by atoms with Gasteiger partial charge in [0.2, 0.25) is 0 Å². The van der Waals surface area contributed by atoms with Gasteiger partial charge in [-0.15, -0.1) is 0 Å². The highest BCUT2D eigenvalue weighted by Crippen LogP contribution is 2.25. The van der Waals surface area contributed by atoms with Gasteiger partial charge in [-0.1, -0.05) is 23.8 Å². The van der Waals surface area contributed by atoms with Crippen LogP contribution in [0.25, 0.3) is 11.3 Å². The fourth-order valence-corrected chi connectivity index (χ4v) is 1.77. The molecule has 0 bridgehead atoms. The highest BCUT2D eigenvalue weighted by atomic mass is 15.1. The van der Waals surface area contributed by atoms with E-state index in [1.165, 1.54) is 5.56 Å². The molecule has 0 saturated carbocycles. The normalized spacial score (nSPS) is 10.5. The Bertz CT molecular complexity index is 476. The highest BCUT2D eigenvalue weighted by molar-refractivity contribution is 5.73. The first kappa shape index (κ1) is 11.7. The zero-order valence-electron chi connectivity index (χ0n) is 10.0. The van der Waals surface area contributed by atoms with Crippen molar-refractivity contribution in [2.24, 2.45) is 5.73 Å². The number of nitrogens with one attached hydrogen (secondary N) is 2. The molecule has 1 aromatic heterocycles. The fraction of sp³-hybridized carbons (Fsp3) is 0.308. The van der Waals surface area contributed by atoms with Crippen molar-refractivity contribution in [2.45, 2.75) is 13.3 Å². The van der Waals surface area contributed by atoms with Gasteiger partial charge < -0.3 is 11.1 Å². The van der Waals surface area contributed by atoms with Crippen LogP contribution in [0.3, 0.4) is 0 Å². The minimum absolute atomic E-state index is 0.699. The van der Waals surface area contributed by atoms with E-state index in [2.05, 4.69) is 46.7 Å². The lowest BCUT2D eigenvalue weighted by molar-refractivity contribution is 0.875. The third kappa shape index (κ3) is 2.85. The maximum atomic E-state index is 5.47. The first-order chi connectivity index (χ1) is 8.31. The zero-order valence-corrected chi connectivity index (χ0v) is 10.0. The molecule has 4 N–H and O–H groups in total. The van der Waals surface area contributed by atoms with Crippen LogP contribution in [0.1, 0.15) is 12.0 Å². The summed E-state index contributed by atoms with van der Waals surface area (Å²) in [4.78, 5) is 0. The Morgan fingerprint density at radius 3 is 3.06 bits per heavy atom. The van der Waals surface area contributed by atoms with Gasteiger partial charge >= 0.3 is 0 Å². The predicted molar refractivity (Wildman–Crippen MR) is 70.9 cm³/mol. The molecule has 1 aromatic carbocycles. The van der Waals surface area contributed by atoms with Gasteiger partial charge in [-0.25, -0.2) is 0 Å². The number of anilines is 1. The number of H-pyrrole nitrogens is 1. The average Bonchev–Trinajstić information content (AvgIpc) is 2.78. The Balaban J connectivity index is 2.18. The number of nitrogens with zero attached hydrogens (tertiary/aromatic N) is 1. The Kier molecular flexibility index (Phi) is 3.77. The molecule has 4 nitrogen and oxygen atoms in total. The number of nitrogens with two attached hydrogens (primary N) is 1. The van der Waals surface area contributed by atoms with E-state index in [0.29, 0.717) is 6.54 Å². The van der Waals surface area contributed by atoms with E-state index in [9.17, 15) is 0 Å². The van der Waals surface area contributed by atoms with Crippen LogP contribution in [0.15, 0.2) is 30.5 Å². The molecule has 0 atom stereocenters. The molecule has 0 spiro atoms. The molecule has 2 rings (SSSR count). The van der Waals surface area contributed by atoms with Crippen molar-refractivity contribution in [2.75, 3.05) is 18.4 Å². The Labute approximate surface area is 101 Å². The molecule has 17 heavy (non-hydrogen) atoms. The van der Waals surface area contributed by atoms with Crippen molar-refractivity contribution in [1.29, 1.82) is 0 Å². The third-order valence-electron chi connectivity index (χ3n) is 2.64. The van der Waals surface area contributed by atoms with Crippen LogP contribution in [0.4, 0.5) is 5.69 Å². The Morgan fingerprint density at radius 1 is 1.41 bits per heavy atom. The molecule has 0 saturated heterocycles. The zero-order chi connectivity index (χ0) is 12.1. The standard InChI is InChI=1S/C13H18N4/c1-10-4-2-5-11(8-10)13-12(9-16-17-13)15-7-3-6-14/h2,4-5,8-9,15H,3,6-7,14H2,1H3,(H,16,17). The lowest BCUT2D eigenvalue weighted by Gasteiger charge is -2.06. The van der Waals surface area contributed by atoms with E-state index in [-0.39, 0.29) is 0 Å². The number of aryl methyl sites for hydroxylation is 1. The summed E-state index contributed by atoms with van der Waals surface area (Å²) in [5.41, 5.74) is 9.93. The van der Waals surface area contributed by atoms with Crippen molar-refractivity contribution in [3.8, 4) is 11.3 Å². The van der Waals surface area contributed by atoms with E-state index in [0.717, 1.165) is 29.9 Å². The minimum atomic E-state index is 0.699. The molecular weight excluding hydrogens is 212 g/mol. The van der Waals surface area contributed by atoms with E-state index >= 15 is 0 Å². The Hall–Kier alpha value is -1.81. The topological polar surface area (TPSA) is 66.7 Å². The summed E-state index contributed by atoms with van der Waals surface area (Å²) in [6.45, 7) is 3.65. The molecule has 0 aliphatic rings. The number of aromatic nitrogens is 2. The third-order valence-corrected chi connectivity index (χ3v) is 2.64. The summed E-state index contributed by atoms with van der Waals surface area (Å²) in [6, 6.07) is 8.35. The van der Waals surface area contributed by atoms with Crippen LogP contribution in [0, 0.1) is 6.92 Å². The molecule has 0 radical (unpaired) electrons. The summed E-state index contributed by atoms with van der Waals surface area (Å²) in [7, 11) is 0. The van der Waals surface area contributed by atoms with Gasteiger partial charge in [0.05, 0.1) is 17.6 Å². The van der Waals surface area contributed by atoms with Gasteiger partial charge in [0.1, 0.15) is 0 Å². The predicted octanol–water partition coefficient (Wildman–Crippen LogP) is 2.15. The van der Waals surface area contributed by atoms with Crippen molar-refractivity contribution < 1.29 is 0 Å². The van der Waals surface area contributed by atoms with Crippen LogP contribution in [0.5, 0.6) is 0 Å². The van der Waals surface area contributed by atoms with Crippen molar-refractivity contribution in [3.05, 3.63) is 36.0 Å². The SMILES string of the molecule is Cc1cccc(-c2[nH]ncc2NCCCN)c1. The summed E-state index contributed by atoms with van der Waals surface area (Å²) in [5.74, 6) is 0. The molecule has 0 amide bonds. The minimum Gasteiger partial charge on any atom is -0.382 e. The van der Waals surface area contributed by atoms with Gasteiger partial charge in [-0.05, 0) is 26.0 Å². The molecule has 90 valence electrons. The smallest absolute Gasteiger partial charge is 0.0882 e. The molecule has 2 aromatic rings. The molecule has 4 heteroatoms. The monoisotopic (exact) mass is 230 g/mol. The van der Waals surface area contributed by atoms with E-state index in [4.69, 9.17) is 5.73 Å². The maximum Gasteiger partial charge on any atom is 0.0882 e. The van der Waals surface area contributed by atoms with Crippen LogP contribution in [0.2, 0.25) is 0 Å². The lowest BCUT2D eigenvalue weighted by atomic mass is 10.1. The van der Waals surface area contributed by atoms with Crippen molar-refractivity contribution >= 4 is 5.69 Å². The number of rotatable bonds is 5. The molecule has 0 aliphatic heterocycles. The quantitative estimate of drug-likeness (QED) is 0.689. The first-order valence-corrected chi connectivity index (χ1v) is 5.85. The molecule has 1 heterocycles. The van der Waals surface area contributed by atoms with Crippen LogP contribution in [-0.4, -0.2) is 23.3 Å². The second-order valence-electron chi connectivity index (χ2n) is 4.10. The fourth-order valence-electron chi connectivity index (χ4n) is 1.77. The molecule has 0 unspecified atom stereocenters. The van der Waals surface area contributed by atoms with Crippen LogP contribution in [-0.2, 0) is 0 Å². The summed E-state index contributed by atoms with van der Waals surface area (Å²) in [5, 5.41) is 10.5. The first-order valence-electron chi connectivity index (χ1n) is 5.85. The van der Waals surface area contributed by atoms with Gasteiger partial charge in [0, 0.05) is 12.1 Å². The number of hydrogen-bond acceptors (Lipinski definition) is 3. The lowest BCUT2D eigenvalue weighted by Crippen LogP contribution is -2.08. The maximum absolute atomic E-state index is 5.47. The Morgan fingerprint density at radius 2 is 2.29 bits per heavy atom. The van der Waals surface area contributed by atoms with Gasteiger partial charge in [0.15, 0.2) is 0 Å². The largest absolute Gasteiger partial charge is 0.382 e. The van der Waals surface area contributed by atoms with Gasteiger partial charge in [0.25, 0.3) is 0 Å². The highest BCUT2D eigenvalue weighted by Gasteiger charge is 2.06. The van der Waals surface area contributed by atoms with E-state index < -0.39 is 0 Å². The molecular formula is C13H18N4. The van der Waals surface area contributed by atoms with Crippen molar-refractivity contribution in [1.82, 2.24) is 10.2 Å². The van der Waals surface area contributed by atoms with Gasteiger partial charge in [-0.2, -0.15) is 5.10 Å². The number of benzene rings is 1. The molecule has 0 aliphatic carbocycles. The summed E-state index contributed by atoms with van der Waals surface area (Å²) < 4.78 is 0. The summed E-state index contributed by atoms with van der Waals surface area (Å²) in [6.07, 6.45) is 2.77. The van der Waals surface area contributed by atoms with E-state index in [1.54, 1.807) is 0 Å². The van der Waals surface area contributed by atoms with E-state index in [1.807, 2.05) is 6.20 Å². The molecule has 0 fully saturated rings. The average molecular weight is 230 g/mol. The van der Waals surface area contributed by atoms with Crippen LogP contribution < -0.4 is 11.1 Å². The second kappa shape index (κ2) is 5.50. The number of hydrogen-bond donors (Lipinski definition) is 3.